The van der Waals surface area contributed by atoms with Gasteiger partial charge in [0.2, 0.25) is 5.91 Å². The van der Waals surface area contributed by atoms with Gasteiger partial charge in [0.15, 0.2) is 0 Å². The molecule has 1 aliphatic carbocycles. The van der Waals surface area contributed by atoms with Crippen LogP contribution in [0.1, 0.15) is 76.7 Å². The fraction of sp³-hybridized carbons (Fsp3) is 0.696. The number of hydrogen-bond acceptors (Lipinski definition) is 2. The van der Waals surface area contributed by atoms with E-state index in [0.717, 1.165) is 38.9 Å². The fourth-order valence-electron chi connectivity index (χ4n) is 4.95. The topological polar surface area (TPSA) is 23.6 Å². The highest BCUT2D eigenvalue weighted by Gasteiger charge is 2.32. The summed E-state index contributed by atoms with van der Waals surface area (Å²) in [6, 6.07) is 6.89. The first-order valence-corrected chi connectivity index (χ1v) is 11.7. The SMILES string of the molecule is CC(=O)N(C1CCCCC1)C1CCN(CCC(C)c2ccc(Cl)c(Cl)c2)CC1. The molecule has 156 valence electrons. The van der Waals surface area contributed by atoms with E-state index in [1.807, 2.05) is 12.1 Å². The first-order chi connectivity index (χ1) is 13.5. The van der Waals surface area contributed by atoms with E-state index in [2.05, 4.69) is 22.8 Å². The van der Waals surface area contributed by atoms with Gasteiger partial charge in [-0.1, -0.05) is 55.5 Å². The maximum absolute atomic E-state index is 12.3. The molecule has 3 nitrogen and oxygen atoms in total. The van der Waals surface area contributed by atoms with Crippen LogP contribution in [0.5, 0.6) is 0 Å². The largest absolute Gasteiger partial charge is 0.337 e. The number of carbonyl (C=O) groups excluding carboxylic acids is 1. The minimum Gasteiger partial charge on any atom is -0.337 e. The summed E-state index contributed by atoms with van der Waals surface area (Å²) in [4.78, 5) is 17.1. The van der Waals surface area contributed by atoms with E-state index >= 15 is 0 Å². The lowest BCUT2D eigenvalue weighted by Crippen LogP contribution is -2.51. The van der Waals surface area contributed by atoms with Gasteiger partial charge < -0.3 is 9.80 Å². The smallest absolute Gasteiger partial charge is 0.219 e. The van der Waals surface area contributed by atoms with Gasteiger partial charge in [-0.15, -0.1) is 0 Å². The van der Waals surface area contributed by atoms with Gasteiger partial charge in [0.05, 0.1) is 10.0 Å². The van der Waals surface area contributed by atoms with E-state index in [4.69, 9.17) is 23.2 Å². The molecular formula is C23H34Cl2N2O. The zero-order valence-corrected chi connectivity index (χ0v) is 18.8. The summed E-state index contributed by atoms with van der Waals surface area (Å²) < 4.78 is 0. The van der Waals surface area contributed by atoms with Crippen LogP contribution in [0.15, 0.2) is 18.2 Å². The van der Waals surface area contributed by atoms with Crippen molar-refractivity contribution in [2.45, 2.75) is 83.2 Å². The van der Waals surface area contributed by atoms with E-state index in [-0.39, 0.29) is 5.91 Å². The minimum absolute atomic E-state index is 0.276. The van der Waals surface area contributed by atoms with Crippen molar-refractivity contribution in [3.8, 4) is 0 Å². The molecule has 1 heterocycles. The van der Waals surface area contributed by atoms with Crippen molar-refractivity contribution >= 4 is 29.1 Å². The van der Waals surface area contributed by atoms with Crippen LogP contribution in [0.3, 0.4) is 0 Å². The molecule has 1 aliphatic heterocycles. The summed E-state index contributed by atoms with van der Waals surface area (Å²) in [6.07, 6.45) is 9.61. The maximum atomic E-state index is 12.3. The second kappa shape index (κ2) is 10.3. The molecule has 1 atom stereocenters. The van der Waals surface area contributed by atoms with Gasteiger partial charge in [-0.25, -0.2) is 0 Å². The third-order valence-corrected chi connectivity index (χ3v) is 7.41. The Hall–Kier alpha value is -0.770. The van der Waals surface area contributed by atoms with Gasteiger partial charge in [0, 0.05) is 32.1 Å². The van der Waals surface area contributed by atoms with Crippen LogP contribution in [0, 0.1) is 0 Å². The molecule has 0 spiro atoms. The lowest BCUT2D eigenvalue weighted by Gasteiger charge is -2.43. The van der Waals surface area contributed by atoms with E-state index in [1.165, 1.54) is 37.7 Å². The first-order valence-electron chi connectivity index (χ1n) is 10.9. The van der Waals surface area contributed by atoms with Crippen molar-refractivity contribution in [1.29, 1.82) is 0 Å². The summed E-state index contributed by atoms with van der Waals surface area (Å²) in [5, 5.41) is 1.26. The molecule has 1 amide bonds. The highest BCUT2D eigenvalue weighted by molar-refractivity contribution is 6.42. The molecule has 1 aromatic carbocycles. The molecule has 0 N–H and O–H groups in total. The number of rotatable bonds is 6. The van der Waals surface area contributed by atoms with E-state index in [0.29, 0.717) is 28.0 Å². The van der Waals surface area contributed by atoms with Gasteiger partial charge in [0.25, 0.3) is 0 Å². The zero-order chi connectivity index (χ0) is 20.1. The van der Waals surface area contributed by atoms with Crippen molar-refractivity contribution in [3.63, 3.8) is 0 Å². The Balaban J connectivity index is 1.47. The second-order valence-electron chi connectivity index (χ2n) is 8.65. The number of amides is 1. The van der Waals surface area contributed by atoms with Crippen molar-refractivity contribution < 1.29 is 4.79 Å². The second-order valence-corrected chi connectivity index (χ2v) is 9.47. The van der Waals surface area contributed by atoms with E-state index < -0.39 is 0 Å². The molecule has 1 unspecified atom stereocenters. The van der Waals surface area contributed by atoms with Crippen LogP contribution in [0.25, 0.3) is 0 Å². The molecule has 1 saturated heterocycles. The highest BCUT2D eigenvalue weighted by atomic mass is 35.5. The molecule has 0 bridgehead atoms. The predicted molar refractivity (Wildman–Crippen MR) is 118 cm³/mol. The fourth-order valence-corrected chi connectivity index (χ4v) is 5.26. The number of benzene rings is 1. The highest BCUT2D eigenvalue weighted by Crippen LogP contribution is 2.30. The molecule has 28 heavy (non-hydrogen) atoms. The lowest BCUT2D eigenvalue weighted by atomic mass is 9.91. The summed E-state index contributed by atoms with van der Waals surface area (Å²) in [6.45, 7) is 7.30. The van der Waals surface area contributed by atoms with E-state index in [1.54, 1.807) is 6.92 Å². The van der Waals surface area contributed by atoms with Crippen LogP contribution < -0.4 is 0 Å². The van der Waals surface area contributed by atoms with E-state index in [9.17, 15) is 4.79 Å². The predicted octanol–water partition coefficient (Wildman–Crippen LogP) is 6.13. The number of hydrogen-bond donors (Lipinski definition) is 0. The molecule has 2 fully saturated rings. The normalized spacial score (nSPS) is 20.9. The van der Waals surface area contributed by atoms with Crippen LogP contribution in [0.4, 0.5) is 0 Å². The van der Waals surface area contributed by atoms with Crippen molar-refractivity contribution in [2.24, 2.45) is 0 Å². The molecule has 0 aromatic heterocycles. The zero-order valence-electron chi connectivity index (χ0n) is 17.3. The van der Waals surface area contributed by atoms with Crippen LogP contribution in [-0.2, 0) is 4.79 Å². The Morgan fingerprint density at radius 1 is 1.07 bits per heavy atom. The van der Waals surface area contributed by atoms with Gasteiger partial charge in [-0.05, 0) is 62.3 Å². The van der Waals surface area contributed by atoms with Crippen LogP contribution >= 0.6 is 23.2 Å². The lowest BCUT2D eigenvalue weighted by molar-refractivity contribution is -0.135. The van der Waals surface area contributed by atoms with Gasteiger partial charge in [0.1, 0.15) is 0 Å². The molecule has 3 rings (SSSR count). The average Bonchev–Trinajstić information content (AvgIpc) is 2.70. The van der Waals surface area contributed by atoms with Crippen molar-refractivity contribution in [3.05, 3.63) is 33.8 Å². The Morgan fingerprint density at radius 3 is 2.32 bits per heavy atom. The van der Waals surface area contributed by atoms with Crippen LogP contribution in [-0.4, -0.2) is 47.4 Å². The van der Waals surface area contributed by atoms with Gasteiger partial charge in [-0.3, -0.25) is 4.79 Å². The Kier molecular flexibility index (Phi) is 8.08. The van der Waals surface area contributed by atoms with Crippen LogP contribution in [0.2, 0.25) is 10.0 Å². The number of nitrogens with zero attached hydrogens (tertiary/aromatic N) is 2. The molecule has 1 aromatic rings. The maximum Gasteiger partial charge on any atom is 0.219 e. The third kappa shape index (κ3) is 5.64. The summed E-state index contributed by atoms with van der Waals surface area (Å²) in [5.74, 6) is 0.738. The summed E-state index contributed by atoms with van der Waals surface area (Å²) in [5.41, 5.74) is 1.25. The molecule has 5 heteroatoms. The molecule has 1 saturated carbocycles. The molecule has 0 radical (unpaired) electrons. The van der Waals surface area contributed by atoms with Crippen molar-refractivity contribution in [2.75, 3.05) is 19.6 Å². The number of piperidine rings is 1. The third-order valence-electron chi connectivity index (χ3n) is 6.67. The summed E-state index contributed by atoms with van der Waals surface area (Å²) in [7, 11) is 0. The van der Waals surface area contributed by atoms with Gasteiger partial charge in [-0.2, -0.15) is 0 Å². The average molecular weight is 425 g/mol. The first kappa shape index (κ1) is 21.9. The Morgan fingerprint density at radius 2 is 1.71 bits per heavy atom. The molecule has 2 aliphatic rings. The quantitative estimate of drug-likeness (QED) is 0.547. The minimum atomic E-state index is 0.276. The Bertz CT molecular complexity index is 652. The van der Waals surface area contributed by atoms with Gasteiger partial charge >= 0.3 is 0 Å². The number of halogens is 2. The number of carbonyl (C=O) groups is 1. The standard InChI is InChI=1S/C23H34Cl2N2O/c1-17(19-8-9-22(24)23(25)16-19)10-13-26-14-11-21(12-15-26)27(18(2)28)20-6-4-3-5-7-20/h8-9,16-17,20-21H,3-7,10-15H2,1-2H3. The molecular weight excluding hydrogens is 391 g/mol. The summed E-state index contributed by atoms with van der Waals surface area (Å²) >= 11 is 12.2. The monoisotopic (exact) mass is 424 g/mol. The van der Waals surface area contributed by atoms with Crippen molar-refractivity contribution in [1.82, 2.24) is 9.80 Å². The number of likely N-dealkylation sites (tertiary alicyclic amines) is 1. The Labute approximate surface area is 180 Å².